The number of aromatic nitrogens is 1. The highest BCUT2D eigenvalue weighted by Gasteiger charge is 2.37. The summed E-state index contributed by atoms with van der Waals surface area (Å²) in [6.45, 7) is 0.355. The average Bonchev–Trinajstić information content (AvgIpc) is 2.80. The van der Waals surface area contributed by atoms with E-state index in [-0.39, 0.29) is 5.92 Å². The van der Waals surface area contributed by atoms with E-state index >= 15 is 0 Å². The Morgan fingerprint density at radius 3 is 2.57 bits per heavy atom. The summed E-state index contributed by atoms with van der Waals surface area (Å²) in [7, 11) is 0. The van der Waals surface area contributed by atoms with Crippen molar-refractivity contribution >= 4 is 5.97 Å². The number of carboxylic acids is 1. The van der Waals surface area contributed by atoms with Crippen molar-refractivity contribution in [3.05, 3.63) is 58.9 Å². The normalized spacial score (nSPS) is 17.2. The predicted octanol–water partition coefficient (Wildman–Crippen LogP) is 3.55. The molecule has 0 saturated carbocycles. The van der Waals surface area contributed by atoms with Crippen LogP contribution in [0.15, 0.2) is 36.7 Å². The molecule has 3 nitrogen and oxygen atoms in total. The molecule has 1 atom stereocenters. The smallest absolute Gasteiger partial charge is 0.418 e. The number of halogens is 3. The zero-order valence-electron chi connectivity index (χ0n) is 10.9. The maximum absolute atomic E-state index is 12.8. The third kappa shape index (κ3) is 2.41. The van der Waals surface area contributed by atoms with E-state index in [1.165, 1.54) is 10.1 Å². The van der Waals surface area contributed by atoms with Crippen molar-refractivity contribution < 1.29 is 23.1 Å². The highest BCUT2D eigenvalue weighted by molar-refractivity contribution is 5.89. The molecule has 1 aliphatic rings. The average molecular weight is 295 g/mol. The van der Waals surface area contributed by atoms with Gasteiger partial charge in [-0.15, -0.1) is 0 Å². The molecule has 1 unspecified atom stereocenters. The maximum Gasteiger partial charge on any atom is 0.418 e. The van der Waals surface area contributed by atoms with E-state index in [0.29, 0.717) is 6.54 Å². The summed E-state index contributed by atoms with van der Waals surface area (Å²) in [6.07, 6.45) is -1.91. The molecule has 2 aromatic rings. The Hall–Kier alpha value is -2.24. The van der Waals surface area contributed by atoms with Gasteiger partial charge in [-0.2, -0.15) is 13.2 Å². The molecule has 3 rings (SSSR count). The highest BCUT2D eigenvalue weighted by Crippen LogP contribution is 2.37. The second-order valence-corrected chi connectivity index (χ2v) is 5.19. The molecule has 0 aliphatic heterocycles. The third-order valence-corrected chi connectivity index (χ3v) is 3.81. The number of fused-ring (bicyclic) bond motifs is 1. The fourth-order valence-electron chi connectivity index (χ4n) is 2.79. The minimum Gasteiger partial charge on any atom is -0.478 e. The van der Waals surface area contributed by atoms with Crippen LogP contribution in [0.4, 0.5) is 13.2 Å². The van der Waals surface area contributed by atoms with Crippen molar-refractivity contribution in [2.24, 2.45) is 0 Å². The van der Waals surface area contributed by atoms with Crippen LogP contribution in [0.3, 0.4) is 0 Å². The van der Waals surface area contributed by atoms with E-state index in [1.807, 2.05) is 24.3 Å². The Balaban J connectivity index is 1.87. The van der Waals surface area contributed by atoms with Gasteiger partial charge in [-0.05, 0) is 17.5 Å². The van der Waals surface area contributed by atoms with Crippen molar-refractivity contribution in [1.82, 2.24) is 4.57 Å². The zero-order valence-corrected chi connectivity index (χ0v) is 10.9. The van der Waals surface area contributed by atoms with Gasteiger partial charge in [-0.3, -0.25) is 0 Å². The summed E-state index contributed by atoms with van der Waals surface area (Å²) in [5, 5.41) is 8.89. The van der Waals surface area contributed by atoms with E-state index < -0.39 is 23.3 Å². The van der Waals surface area contributed by atoms with Gasteiger partial charge in [-0.1, -0.05) is 24.3 Å². The third-order valence-electron chi connectivity index (χ3n) is 3.81. The van der Waals surface area contributed by atoms with Gasteiger partial charge in [-0.25, -0.2) is 4.79 Å². The van der Waals surface area contributed by atoms with E-state index in [1.54, 1.807) is 0 Å². The topological polar surface area (TPSA) is 42.2 Å². The van der Waals surface area contributed by atoms with Crippen LogP contribution >= 0.6 is 0 Å². The first kappa shape index (κ1) is 13.7. The molecule has 1 aromatic carbocycles. The second-order valence-electron chi connectivity index (χ2n) is 5.19. The molecule has 0 spiro atoms. The van der Waals surface area contributed by atoms with Gasteiger partial charge in [0.15, 0.2) is 0 Å². The first-order chi connectivity index (χ1) is 9.86. The van der Waals surface area contributed by atoms with Crippen LogP contribution in [0.5, 0.6) is 0 Å². The van der Waals surface area contributed by atoms with Gasteiger partial charge in [0.1, 0.15) is 0 Å². The summed E-state index contributed by atoms with van der Waals surface area (Å²) in [5.41, 5.74) is 0.526. The summed E-state index contributed by atoms with van der Waals surface area (Å²) >= 11 is 0. The van der Waals surface area contributed by atoms with Crippen LogP contribution in [0.1, 0.15) is 33.0 Å². The first-order valence-electron chi connectivity index (χ1n) is 6.44. The van der Waals surface area contributed by atoms with Crippen molar-refractivity contribution in [3.8, 4) is 0 Å². The second kappa shape index (κ2) is 4.65. The van der Waals surface area contributed by atoms with Gasteiger partial charge in [0, 0.05) is 24.9 Å². The summed E-state index contributed by atoms with van der Waals surface area (Å²) in [6, 6.07) is 7.76. The van der Waals surface area contributed by atoms with Crippen molar-refractivity contribution in [2.75, 3.05) is 0 Å². The van der Waals surface area contributed by atoms with E-state index in [9.17, 15) is 18.0 Å². The Labute approximate surface area is 118 Å². The molecule has 1 heterocycles. The van der Waals surface area contributed by atoms with Crippen LogP contribution in [0.2, 0.25) is 0 Å². The highest BCUT2D eigenvalue weighted by atomic mass is 19.4. The minimum atomic E-state index is -4.66. The standard InChI is InChI=1S/C15H12F3NO2/c16-15(17,18)13-8-19(7-12(13)14(20)21)6-10-5-9-3-1-2-4-11(9)10/h1-4,7-8,10H,5-6H2,(H,20,21). The molecule has 0 saturated heterocycles. The number of hydrogen-bond acceptors (Lipinski definition) is 1. The van der Waals surface area contributed by atoms with Crippen LogP contribution in [0, 0.1) is 0 Å². The lowest BCUT2D eigenvalue weighted by molar-refractivity contribution is -0.138. The lowest BCUT2D eigenvalue weighted by atomic mass is 9.77. The largest absolute Gasteiger partial charge is 0.478 e. The van der Waals surface area contributed by atoms with Crippen molar-refractivity contribution in [2.45, 2.75) is 25.1 Å². The van der Waals surface area contributed by atoms with E-state index in [4.69, 9.17) is 5.11 Å². The Morgan fingerprint density at radius 2 is 2.00 bits per heavy atom. The zero-order chi connectivity index (χ0) is 15.2. The number of aromatic carboxylic acids is 1. The molecule has 1 aliphatic carbocycles. The Bertz CT molecular complexity index is 703. The maximum atomic E-state index is 12.8. The SMILES string of the molecule is O=C(O)c1cn(CC2Cc3ccccc32)cc1C(F)(F)F. The molecule has 0 fully saturated rings. The lowest BCUT2D eigenvalue weighted by Gasteiger charge is -2.30. The van der Waals surface area contributed by atoms with Crippen LogP contribution in [-0.4, -0.2) is 15.6 Å². The van der Waals surface area contributed by atoms with Crippen molar-refractivity contribution in [1.29, 1.82) is 0 Å². The van der Waals surface area contributed by atoms with Crippen LogP contribution < -0.4 is 0 Å². The minimum absolute atomic E-state index is 0.135. The number of carboxylic acid groups (broad SMARTS) is 1. The summed E-state index contributed by atoms with van der Waals surface area (Å²) < 4.78 is 39.8. The number of alkyl halides is 3. The summed E-state index contributed by atoms with van der Waals surface area (Å²) in [5.74, 6) is -1.42. The molecule has 0 bridgehead atoms. The molecule has 1 N–H and O–H groups in total. The number of carbonyl (C=O) groups is 1. The fourth-order valence-corrected chi connectivity index (χ4v) is 2.79. The molecule has 1 aromatic heterocycles. The molecule has 6 heteroatoms. The van der Waals surface area contributed by atoms with E-state index in [0.717, 1.165) is 24.4 Å². The van der Waals surface area contributed by atoms with Gasteiger partial charge in [0.2, 0.25) is 0 Å². The number of hydrogen-bond donors (Lipinski definition) is 1. The monoisotopic (exact) mass is 295 g/mol. The molecule has 21 heavy (non-hydrogen) atoms. The van der Waals surface area contributed by atoms with Crippen LogP contribution in [0.25, 0.3) is 0 Å². The van der Waals surface area contributed by atoms with Gasteiger partial charge < -0.3 is 9.67 Å². The molecule has 0 amide bonds. The van der Waals surface area contributed by atoms with Gasteiger partial charge in [0.05, 0.1) is 11.1 Å². The number of rotatable bonds is 3. The number of benzene rings is 1. The van der Waals surface area contributed by atoms with Gasteiger partial charge in [0.25, 0.3) is 0 Å². The molecular formula is C15H12F3NO2. The lowest BCUT2D eigenvalue weighted by Crippen LogP contribution is -2.21. The summed E-state index contributed by atoms with van der Waals surface area (Å²) in [4.78, 5) is 10.9. The quantitative estimate of drug-likeness (QED) is 0.941. The predicted molar refractivity (Wildman–Crippen MR) is 69.3 cm³/mol. The first-order valence-corrected chi connectivity index (χ1v) is 6.44. The van der Waals surface area contributed by atoms with E-state index in [2.05, 4.69) is 0 Å². The number of nitrogens with zero attached hydrogens (tertiary/aromatic N) is 1. The molecule has 0 radical (unpaired) electrons. The van der Waals surface area contributed by atoms with Crippen molar-refractivity contribution in [3.63, 3.8) is 0 Å². The molecular weight excluding hydrogens is 283 g/mol. The van der Waals surface area contributed by atoms with Crippen LogP contribution in [-0.2, 0) is 19.1 Å². The molecule has 110 valence electrons. The Kier molecular flexibility index (Phi) is 3.04. The fraction of sp³-hybridized carbons (Fsp3) is 0.267. The van der Waals surface area contributed by atoms with Gasteiger partial charge >= 0.3 is 12.1 Å². The Morgan fingerprint density at radius 1 is 1.29 bits per heavy atom.